The number of hydrogen-bond donors (Lipinski definition) is 0. The largest absolute Gasteiger partial charge is 0.381 e. The fourth-order valence-corrected chi connectivity index (χ4v) is 3.05. The normalized spacial score (nSPS) is 21.5. The molecule has 1 aliphatic rings. The maximum Gasteiger partial charge on any atom is 0.272 e. The van der Waals surface area contributed by atoms with Gasteiger partial charge in [-0.15, -0.1) is 0 Å². The summed E-state index contributed by atoms with van der Waals surface area (Å²) in [5.41, 5.74) is 0.994. The lowest BCUT2D eigenvalue weighted by Gasteiger charge is -2.26. The van der Waals surface area contributed by atoms with Gasteiger partial charge in [-0.1, -0.05) is 34.1 Å². The smallest absolute Gasteiger partial charge is 0.272 e. The van der Waals surface area contributed by atoms with Crippen LogP contribution in [0.4, 0.5) is 5.69 Å². The zero-order valence-corrected chi connectivity index (χ0v) is 11.6. The Kier molecular flexibility index (Phi) is 4.72. The number of ether oxygens (including phenoxy) is 1. The average Bonchev–Trinajstić information content (AvgIpc) is 2.40. The summed E-state index contributed by atoms with van der Waals surface area (Å²) in [5, 5.41) is 10.9. The van der Waals surface area contributed by atoms with Crippen LogP contribution in [0.15, 0.2) is 24.3 Å². The molecule has 98 valence electrons. The molecule has 0 spiro atoms. The van der Waals surface area contributed by atoms with Gasteiger partial charge in [-0.2, -0.15) is 0 Å². The minimum absolute atomic E-state index is 0.207. The van der Waals surface area contributed by atoms with Gasteiger partial charge in [0.25, 0.3) is 5.69 Å². The van der Waals surface area contributed by atoms with E-state index < -0.39 is 0 Å². The van der Waals surface area contributed by atoms with Crippen LogP contribution < -0.4 is 0 Å². The zero-order chi connectivity index (χ0) is 13.0. The molecule has 0 N–H and O–H groups in total. The summed E-state index contributed by atoms with van der Waals surface area (Å²) in [6, 6.07) is 6.94. The first-order valence-electron chi connectivity index (χ1n) is 6.12. The third-order valence-electron chi connectivity index (χ3n) is 3.31. The minimum Gasteiger partial charge on any atom is -0.381 e. The molecule has 2 unspecified atom stereocenters. The van der Waals surface area contributed by atoms with Crippen LogP contribution in [0.5, 0.6) is 0 Å². The number of benzene rings is 1. The Morgan fingerprint density at radius 1 is 1.50 bits per heavy atom. The number of nitrogens with zero attached hydrogens (tertiary/aromatic N) is 1. The van der Waals surface area contributed by atoms with Crippen LogP contribution in [0.3, 0.4) is 0 Å². The summed E-state index contributed by atoms with van der Waals surface area (Å²) in [7, 11) is 0. The second kappa shape index (κ2) is 6.29. The minimum atomic E-state index is -0.313. The molecule has 0 aliphatic carbocycles. The van der Waals surface area contributed by atoms with E-state index in [2.05, 4.69) is 15.9 Å². The third-order valence-corrected chi connectivity index (χ3v) is 4.38. The predicted molar refractivity (Wildman–Crippen MR) is 73.1 cm³/mol. The van der Waals surface area contributed by atoms with Crippen molar-refractivity contribution in [3.05, 3.63) is 39.9 Å². The van der Waals surface area contributed by atoms with Crippen molar-refractivity contribution in [2.24, 2.45) is 5.92 Å². The molecule has 2 atom stereocenters. The van der Waals surface area contributed by atoms with Crippen LogP contribution >= 0.6 is 15.9 Å². The van der Waals surface area contributed by atoms with Gasteiger partial charge in [-0.25, -0.2) is 0 Å². The Hall–Kier alpha value is -0.940. The Bertz CT molecular complexity index is 418. The van der Waals surface area contributed by atoms with Gasteiger partial charge in [-0.3, -0.25) is 10.1 Å². The summed E-state index contributed by atoms with van der Waals surface area (Å²) in [6.07, 6.45) is 2.87. The Balaban J connectivity index is 2.06. The van der Waals surface area contributed by atoms with Crippen LogP contribution in [0.1, 0.15) is 18.4 Å². The van der Waals surface area contributed by atoms with E-state index in [1.807, 2.05) is 12.1 Å². The molecule has 0 saturated carbocycles. The first-order valence-corrected chi connectivity index (χ1v) is 7.04. The molecular formula is C13H16BrNO3. The molecule has 1 aromatic carbocycles. The van der Waals surface area contributed by atoms with Crippen LogP contribution in [0.2, 0.25) is 0 Å². The second-order valence-electron chi connectivity index (χ2n) is 4.58. The Morgan fingerprint density at radius 2 is 2.28 bits per heavy atom. The quantitative estimate of drug-likeness (QED) is 0.487. The van der Waals surface area contributed by atoms with Gasteiger partial charge < -0.3 is 4.74 Å². The lowest BCUT2D eigenvalue weighted by atomic mass is 9.94. The van der Waals surface area contributed by atoms with Crippen molar-refractivity contribution >= 4 is 21.6 Å². The topological polar surface area (TPSA) is 52.4 Å². The van der Waals surface area contributed by atoms with Crippen LogP contribution in [-0.4, -0.2) is 23.0 Å². The Labute approximate surface area is 115 Å². The van der Waals surface area contributed by atoms with Crippen molar-refractivity contribution in [3.63, 3.8) is 0 Å². The second-order valence-corrected chi connectivity index (χ2v) is 5.76. The SMILES string of the molecule is O=[N+]([O-])c1ccccc1CC(Br)C1CCCOC1. The first kappa shape index (κ1) is 13.5. The van der Waals surface area contributed by atoms with Gasteiger partial charge in [0.05, 0.1) is 11.5 Å². The van der Waals surface area contributed by atoms with E-state index in [4.69, 9.17) is 4.74 Å². The van der Waals surface area contributed by atoms with Crippen molar-refractivity contribution in [3.8, 4) is 0 Å². The van der Waals surface area contributed by atoms with Gasteiger partial charge in [0.1, 0.15) is 0 Å². The van der Waals surface area contributed by atoms with E-state index in [1.165, 1.54) is 0 Å². The molecular weight excluding hydrogens is 298 g/mol. The average molecular weight is 314 g/mol. The monoisotopic (exact) mass is 313 g/mol. The van der Waals surface area contributed by atoms with Crippen molar-refractivity contribution in [1.29, 1.82) is 0 Å². The molecule has 5 heteroatoms. The summed E-state index contributed by atoms with van der Waals surface area (Å²) in [4.78, 5) is 10.9. The van der Waals surface area contributed by atoms with E-state index >= 15 is 0 Å². The third kappa shape index (κ3) is 3.29. The first-order chi connectivity index (χ1) is 8.68. The highest BCUT2D eigenvalue weighted by molar-refractivity contribution is 9.09. The van der Waals surface area contributed by atoms with Crippen LogP contribution in [-0.2, 0) is 11.2 Å². The van der Waals surface area contributed by atoms with Gasteiger partial charge in [0.2, 0.25) is 0 Å². The maximum absolute atomic E-state index is 10.9. The molecule has 0 bridgehead atoms. The summed E-state index contributed by atoms with van der Waals surface area (Å²) in [5.74, 6) is 0.443. The van der Waals surface area contributed by atoms with Gasteiger partial charge in [0, 0.05) is 23.1 Å². The van der Waals surface area contributed by atoms with Gasteiger partial charge >= 0.3 is 0 Å². The van der Waals surface area contributed by atoms with Crippen LogP contribution in [0, 0.1) is 16.0 Å². The van der Waals surface area contributed by atoms with Crippen molar-refractivity contribution in [1.82, 2.24) is 0 Å². The highest BCUT2D eigenvalue weighted by atomic mass is 79.9. The van der Waals surface area contributed by atoms with Crippen LogP contribution in [0.25, 0.3) is 0 Å². The standard InChI is InChI=1S/C13H16BrNO3/c14-12(11-5-3-7-18-9-11)8-10-4-1-2-6-13(10)15(16)17/h1-2,4,6,11-12H,3,5,7-9H2. The lowest BCUT2D eigenvalue weighted by molar-refractivity contribution is -0.385. The summed E-state index contributed by atoms with van der Waals surface area (Å²) in [6.45, 7) is 1.58. The number of alkyl halides is 1. The predicted octanol–water partition coefficient (Wildman–Crippen LogP) is 3.33. The molecule has 2 rings (SSSR count). The molecule has 4 nitrogen and oxygen atoms in total. The van der Waals surface area contributed by atoms with Gasteiger partial charge in [0.15, 0.2) is 0 Å². The number of hydrogen-bond acceptors (Lipinski definition) is 3. The Morgan fingerprint density at radius 3 is 2.94 bits per heavy atom. The highest BCUT2D eigenvalue weighted by Crippen LogP contribution is 2.28. The number of nitro groups is 1. The van der Waals surface area contributed by atoms with Crippen molar-refractivity contribution in [2.75, 3.05) is 13.2 Å². The number of para-hydroxylation sites is 1. The lowest BCUT2D eigenvalue weighted by Crippen LogP contribution is -2.26. The summed E-state index contributed by atoms with van der Waals surface area (Å²) >= 11 is 3.66. The molecule has 1 fully saturated rings. The molecule has 0 radical (unpaired) electrons. The highest BCUT2D eigenvalue weighted by Gasteiger charge is 2.24. The maximum atomic E-state index is 10.9. The van der Waals surface area contributed by atoms with E-state index in [9.17, 15) is 10.1 Å². The van der Waals surface area contributed by atoms with Crippen molar-refractivity contribution in [2.45, 2.75) is 24.1 Å². The van der Waals surface area contributed by atoms with E-state index in [1.54, 1.807) is 12.1 Å². The molecule has 1 saturated heterocycles. The molecule has 1 heterocycles. The van der Waals surface area contributed by atoms with Crippen molar-refractivity contribution < 1.29 is 9.66 Å². The molecule has 1 aromatic rings. The molecule has 18 heavy (non-hydrogen) atoms. The molecule has 0 amide bonds. The number of halogens is 1. The van der Waals surface area contributed by atoms with Gasteiger partial charge in [-0.05, 0) is 25.2 Å². The van der Waals surface area contributed by atoms with E-state index in [-0.39, 0.29) is 15.4 Å². The van der Waals surface area contributed by atoms with E-state index in [0.717, 1.165) is 31.6 Å². The molecule has 1 aliphatic heterocycles. The summed E-state index contributed by atoms with van der Waals surface area (Å²) < 4.78 is 5.45. The number of rotatable bonds is 4. The molecule has 0 aromatic heterocycles. The fraction of sp³-hybridized carbons (Fsp3) is 0.538. The zero-order valence-electron chi connectivity index (χ0n) is 10.0. The fourth-order valence-electron chi connectivity index (χ4n) is 2.29. The number of nitro benzene ring substituents is 1. The van der Waals surface area contributed by atoms with E-state index in [0.29, 0.717) is 12.3 Å².